The first-order valence-corrected chi connectivity index (χ1v) is 7.61. The molecule has 0 aliphatic rings. The minimum absolute atomic E-state index is 0.0394. The van der Waals surface area contributed by atoms with E-state index in [1.807, 2.05) is 6.07 Å². The number of anilines is 1. The van der Waals surface area contributed by atoms with Crippen molar-refractivity contribution in [1.29, 1.82) is 5.26 Å². The smallest absolute Gasteiger partial charge is 0.265 e. The van der Waals surface area contributed by atoms with Crippen LogP contribution in [0.5, 0.6) is 11.5 Å². The molecule has 0 heterocycles. The lowest BCUT2D eigenvalue weighted by atomic mass is 10.1. The van der Waals surface area contributed by atoms with E-state index in [-0.39, 0.29) is 11.7 Å². The van der Waals surface area contributed by atoms with Crippen LogP contribution in [-0.4, -0.2) is 24.9 Å². The van der Waals surface area contributed by atoms with Gasteiger partial charge in [0.05, 0.1) is 18.7 Å². The summed E-state index contributed by atoms with van der Waals surface area (Å²) in [6.07, 6.45) is -0.783. The summed E-state index contributed by atoms with van der Waals surface area (Å²) < 4.78 is 10.8. The molecule has 0 spiro atoms. The molecule has 2 aromatic carbocycles. The lowest BCUT2D eigenvalue weighted by Crippen LogP contribution is -2.30. The minimum atomic E-state index is -0.783. The first-order valence-electron chi connectivity index (χ1n) is 7.61. The Hall–Kier alpha value is -3.33. The number of amides is 1. The molecule has 0 aromatic heterocycles. The molecule has 0 fully saturated rings. The monoisotopic (exact) mass is 338 g/mol. The van der Waals surface area contributed by atoms with Crippen molar-refractivity contribution in [2.75, 3.05) is 12.4 Å². The summed E-state index contributed by atoms with van der Waals surface area (Å²) in [5.74, 6) is 0.366. The Balaban J connectivity index is 2.05. The number of carbonyl (C=O) groups is 2. The van der Waals surface area contributed by atoms with Gasteiger partial charge >= 0.3 is 0 Å². The van der Waals surface area contributed by atoms with E-state index in [0.717, 1.165) is 0 Å². The second-order valence-corrected chi connectivity index (χ2v) is 5.36. The molecule has 2 aromatic rings. The molecule has 6 nitrogen and oxygen atoms in total. The number of nitriles is 1. The number of ketones is 1. The highest BCUT2D eigenvalue weighted by Crippen LogP contribution is 2.28. The van der Waals surface area contributed by atoms with Gasteiger partial charge in [0.25, 0.3) is 5.91 Å². The minimum Gasteiger partial charge on any atom is -0.493 e. The van der Waals surface area contributed by atoms with Crippen molar-refractivity contribution < 1.29 is 19.1 Å². The molecule has 0 radical (unpaired) electrons. The second-order valence-electron chi connectivity index (χ2n) is 5.36. The number of nitrogens with zero attached hydrogens (tertiary/aromatic N) is 1. The van der Waals surface area contributed by atoms with Crippen molar-refractivity contribution in [3.63, 3.8) is 0 Å². The van der Waals surface area contributed by atoms with Crippen LogP contribution in [0.3, 0.4) is 0 Å². The van der Waals surface area contributed by atoms with E-state index >= 15 is 0 Å². The predicted octanol–water partition coefficient (Wildman–Crippen LogP) is 3.18. The lowest BCUT2D eigenvalue weighted by molar-refractivity contribution is -0.122. The number of hydrogen-bond acceptors (Lipinski definition) is 5. The average molecular weight is 338 g/mol. The van der Waals surface area contributed by atoms with Crippen molar-refractivity contribution in [3.05, 3.63) is 53.6 Å². The van der Waals surface area contributed by atoms with Gasteiger partial charge in [-0.1, -0.05) is 0 Å². The van der Waals surface area contributed by atoms with Gasteiger partial charge in [-0.3, -0.25) is 9.59 Å². The van der Waals surface area contributed by atoms with Crippen molar-refractivity contribution in [2.45, 2.75) is 20.0 Å². The van der Waals surface area contributed by atoms with Crippen molar-refractivity contribution >= 4 is 17.4 Å². The van der Waals surface area contributed by atoms with Gasteiger partial charge < -0.3 is 14.8 Å². The zero-order valence-corrected chi connectivity index (χ0v) is 14.2. The molecule has 0 saturated carbocycles. The van der Waals surface area contributed by atoms with Gasteiger partial charge in [-0.05, 0) is 50.2 Å². The lowest BCUT2D eigenvalue weighted by Gasteiger charge is -2.17. The van der Waals surface area contributed by atoms with Crippen LogP contribution in [0.25, 0.3) is 0 Å². The van der Waals surface area contributed by atoms with Gasteiger partial charge in [-0.15, -0.1) is 0 Å². The summed E-state index contributed by atoms with van der Waals surface area (Å²) in [5, 5.41) is 11.6. The van der Waals surface area contributed by atoms with Crippen LogP contribution in [0, 0.1) is 11.3 Å². The number of ether oxygens (including phenoxy) is 2. The third-order valence-corrected chi connectivity index (χ3v) is 3.52. The van der Waals surface area contributed by atoms with Crippen LogP contribution in [0.1, 0.15) is 29.8 Å². The van der Waals surface area contributed by atoms with Crippen molar-refractivity contribution in [3.8, 4) is 17.6 Å². The van der Waals surface area contributed by atoms with Crippen LogP contribution in [0.4, 0.5) is 5.69 Å². The van der Waals surface area contributed by atoms with Gasteiger partial charge in [0.15, 0.2) is 23.4 Å². The molecule has 6 heteroatoms. The Morgan fingerprint density at radius 1 is 1.12 bits per heavy atom. The van der Waals surface area contributed by atoms with Crippen LogP contribution in [0.2, 0.25) is 0 Å². The standard InChI is InChI=1S/C19H18N2O4/c1-12(22)15-5-7-16(8-6-15)21-19(23)13(2)25-17-9-4-14(11-20)10-18(17)24-3/h4-10,13H,1-3H3,(H,21,23). The maximum atomic E-state index is 12.3. The van der Waals surface area contributed by atoms with Gasteiger partial charge in [0, 0.05) is 17.3 Å². The van der Waals surface area contributed by atoms with Gasteiger partial charge in [0.2, 0.25) is 0 Å². The largest absolute Gasteiger partial charge is 0.493 e. The molecule has 0 aliphatic heterocycles. The summed E-state index contributed by atoms with van der Waals surface area (Å²) in [6, 6.07) is 13.3. The molecule has 1 amide bonds. The molecule has 1 atom stereocenters. The third kappa shape index (κ3) is 4.58. The number of Topliss-reactive ketones (excluding diaryl/α,β-unsaturated/α-hetero) is 1. The normalized spacial score (nSPS) is 11.1. The van der Waals surface area contributed by atoms with Crippen LogP contribution >= 0.6 is 0 Å². The van der Waals surface area contributed by atoms with Crippen LogP contribution < -0.4 is 14.8 Å². The topological polar surface area (TPSA) is 88.4 Å². The van der Waals surface area contributed by atoms with Crippen molar-refractivity contribution in [1.82, 2.24) is 0 Å². The maximum Gasteiger partial charge on any atom is 0.265 e. The number of benzene rings is 2. The van der Waals surface area contributed by atoms with Crippen LogP contribution in [0.15, 0.2) is 42.5 Å². The van der Waals surface area contributed by atoms with Gasteiger partial charge in [-0.25, -0.2) is 0 Å². The highest BCUT2D eigenvalue weighted by atomic mass is 16.5. The zero-order valence-electron chi connectivity index (χ0n) is 14.2. The Bertz CT molecular complexity index is 822. The van der Waals surface area contributed by atoms with E-state index in [1.165, 1.54) is 14.0 Å². The first kappa shape index (κ1) is 18.0. The third-order valence-electron chi connectivity index (χ3n) is 3.52. The fourth-order valence-electron chi connectivity index (χ4n) is 2.11. The highest BCUT2D eigenvalue weighted by Gasteiger charge is 2.17. The van der Waals surface area contributed by atoms with E-state index in [4.69, 9.17) is 14.7 Å². The molecule has 1 unspecified atom stereocenters. The zero-order chi connectivity index (χ0) is 18.4. The number of hydrogen-bond donors (Lipinski definition) is 1. The van der Waals surface area contributed by atoms with Crippen LogP contribution in [-0.2, 0) is 4.79 Å². The number of rotatable bonds is 6. The molecular weight excluding hydrogens is 320 g/mol. The SMILES string of the molecule is COc1cc(C#N)ccc1OC(C)C(=O)Nc1ccc(C(C)=O)cc1. The molecule has 2 rings (SSSR count). The number of methoxy groups -OCH3 is 1. The molecule has 0 bridgehead atoms. The molecule has 25 heavy (non-hydrogen) atoms. The Labute approximate surface area is 146 Å². The summed E-state index contributed by atoms with van der Waals surface area (Å²) in [6.45, 7) is 3.09. The summed E-state index contributed by atoms with van der Waals surface area (Å²) in [5.41, 5.74) is 1.58. The Morgan fingerprint density at radius 3 is 2.36 bits per heavy atom. The average Bonchev–Trinajstić information content (AvgIpc) is 2.62. The molecule has 0 aliphatic carbocycles. The van der Waals surface area contributed by atoms with E-state index < -0.39 is 6.10 Å². The van der Waals surface area contributed by atoms with E-state index in [9.17, 15) is 9.59 Å². The quantitative estimate of drug-likeness (QED) is 0.817. The van der Waals surface area contributed by atoms with Gasteiger partial charge in [0.1, 0.15) is 0 Å². The predicted molar refractivity (Wildman–Crippen MR) is 92.9 cm³/mol. The number of carbonyl (C=O) groups excluding carboxylic acids is 2. The highest BCUT2D eigenvalue weighted by molar-refractivity contribution is 5.96. The molecule has 1 N–H and O–H groups in total. The second kappa shape index (κ2) is 7.97. The fraction of sp³-hybridized carbons (Fsp3) is 0.211. The molecular formula is C19H18N2O4. The fourth-order valence-corrected chi connectivity index (χ4v) is 2.11. The van der Waals surface area contributed by atoms with E-state index in [0.29, 0.717) is 28.3 Å². The summed E-state index contributed by atoms with van der Waals surface area (Å²) >= 11 is 0. The Kier molecular flexibility index (Phi) is 5.75. The number of nitrogens with one attached hydrogen (secondary N) is 1. The summed E-state index contributed by atoms with van der Waals surface area (Å²) in [7, 11) is 1.46. The van der Waals surface area contributed by atoms with Gasteiger partial charge in [-0.2, -0.15) is 5.26 Å². The van der Waals surface area contributed by atoms with E-state index in [2.05, 4.69) is 5.32 Å². The molecule has 128 valence electrons. The van der Waals surface area contributed by atoms with Crippen molar-refractivity contribution in [2.24, 2.45) is 0 Å². The molecule has 0 saturated heterocycles. The van der Waals surface area contributed by atoms with E-state index in [1.54, 1.807) is 49.4 Å². The Morgan fingerprint density at radius 2 is 1.80 bits per heavy atom. The first-order chi connectivity index (χ1) is 11.9. The summed E-state index contributed by atoms with van der Waals surface area (Å²) in [4.78, 5) is 23.5. The maximum absolute atomic E-state index is 12.3.